The van der Waals surface area contributed by atoms with Gasteiger partial charge in [0.25, 0.3) is 0 Å². The SMILES string of the molecule is CCCCCc1ccc(C2=CCC([C@H]3CC[C@H](CCC)CC3)C=C2)cc1. The third kappa shape index (κ3) is 5.35. The minimum atomic E-state index is 0.787. The van der Waals surface area contributed by atoms with Gasteiger partial charge in [-0.25, -0.2) is 0 Å². The van der Waals surface area contributed by atoms with Gasteiger partial charge in [-0.2, -0.15) is 0 Å². The van der Waals surface area contributed by atoms with E-state index in [4.69, 9.17) is 0 Å². The number of rotatable bonds is 8. The van der Waals surface area contributed by atoms with Gasteiger partial charge in [-0.1, -0.05) is 94.9 Å². The summed E-state index contributed by atoms with van der Waals surface area (Å²) in [6, 6.07) is 9.32. The van der Waals surface area contributed by atoms with Crippen molar-refractivity contribution in [1.29, 1.82) is 0 Å². The molecule has 0 heterocycles. The van der Waals surface area contributed by atoms with Gasteiger partial charge in [0.2, 0.25) is 0 Å². The van der Waals surface area contributed by atoms with E-state index >= 15 is 0 Å². The third-order valence-corrected chi connectivity index (χ3v) is 6.68. The minimum Gasteiger partial charge on any atom is -0.0802 e. The van der Waals surface area contributed by atoms with E-state index in [1.807, 2.05) is 0 Å². The zero-order chi connectivity index (χ0) is 18.2. The van der Waals surface area contributed by atoms with Crippen LogP contribution in [-0.2, 0) is 6.42 Å². The van der Waals surface area contributed by atoms with Gasteiger partial charge in [0.15, 0.2) is 0 Å². The van der Waals surface area contributed by atoms with Crippen LogP contribution in [0.3, 0.4) is 0 Å². The van der Waals surface area contributed by atoms with Crippen LogP contribution in [0.5, 0.6) is 0 Å². The van der Waals surface area contributed by atoms with Gasteiger partial charge in [0.1, 0.15) is 0 Å². The molecule has 1 unspecified atom stereocenters. The summed E-state index contributed by atoms with van der Waals surface area (Å²) in [6.45, 7) is 4.61. The summed E-state index contributed by atoms with van der Waals surface area (Å²) in [5.74, 6) is 2.73. The zero-order valence-corrected chi connectivity index (χ0v) is 17.1. The molecular formula is C26H38. The highest BCUT2D eigenvalue weighted by Gasteiger charge is 2.26. The molecule has 0 spiro atoms. The van der Waals surface area contributed by atoms with Crippen LogP contribution in [0.25, 0.3) is 5.57 Å². The molecule has 0 saturated heterocycles. The second kappa shape index (κ2) is 10.1. The monoisotopic (exact) mass is 350 g/mol. The van der Waals surface area contributed by atoms with Crippen molar-refractivity contribution in [3.05, 3.63) is 53.6 Å². The van der Waals surface area contributed by atoms with E-state index in [0.717, 1.165) is 17.8 Å². The maximum atomic E-state index is 2.52. The standard InChI is InChI=1S/C26H38/c1-3-5-6-8-22-11-15-24(16-12-22)26-19-17-25(18-20-26)23-13-9-21(7-4-2)10-14-23/h11-12,15-17,19-21,23,25H,3-10,13-14,18H2,1-2H3/t21-,23-,25?. The molecule has 0 nitrogen and oxygen atoms in total. The van der Waals surface area contributed by atoms with Crippen LogP contribution in [-0.4, -0.2) is 0 Å². The number of aryl methyl sites for hydroxylation is 1. The average Bonchev–Trinajstić information content (AvgIpc) is 2.70. The average molecular weight is 351 g/mol. The van der Waals surface area contributed by atoms with Crippen molar-refractivity contribution >= 4 is 5.57 Å². The smallest absolute Gasteiger partial charge is 0.0167 e. The second-order valence-corrected chi connectivity index (χ2v) is 8.64. The summed E-state index contributed by atoms with van der Waals surface area (Å²) in [5.41, 5.74) is 4.32. The molecule has 0 N–H and O–H groups in total. The minimum absolute atomic E-state index is 0.787. The van der Waals surface area contributed by atoms with Crippen LogP contribution in [0, 0.1) is 17.8 Å². The summed E-state index contributed by atoms with van der Waals surface area (Å²) in [6.07, 6.45) is 22.5. The second-order valence-electron chi connectivity index (χ2n) is 8.64. The molecule has 1 saturated carbocycles. The molecule has 26 heavy (non-hydrogen) atoms. The molecule has 2 aliphatic carbocycles. The number of unbranched alkanes of at least 4 members (excludes halogenated alkanes) is 2. The Morgan fingerprint density at radius 3 is 2.27 bits per heavy atom. The van der Waals surface area contributed by atoms with E-state index in [1.54, 1.807) is 0 Å². The van der Waals surface area contributed by atoms with Gasteiger partial charge in [0, 0.05) is 0 Å². The van der Waals surface area contributed by atoms with Gasteiger partial charge in [-0.15, -0.1) is 0 Å². The molecule has 0 heteroatoms. The summed E-state index contributed by atoms with van der Waals surface area (Å²) in [7, 11) is 0. The highest BCUT2D eigenvalue weighted by atomic mass is 14.3. The lowest BCUT2D eigenvalue weighted by atomic mass is 9.72. The number of benzene rings is 1. The highest BCUT2D eigenvalue weighted by Crippen LogP contribution is 2.39. The van der Waals surface area contributed by atoms with Crippen LogP contribution < -0.4 is 0 Å². The van der Waals surface area contributed by atoms with Crippen molar-refractivity contribution in [2.75, 3.05) is 0 Å². The topological polar surface area (TPSA) is 0 Å². The molecule has 0 aliphatic heterocycles. The molecule has 3 rings (SSSR count). The Morgan fingerprint density at radius 1 is 0.885 bits per heavy atom. The van der Waals surface area contributed by atoms with Gasteiger partial charge in [-0.3, -0.25) is 0 Å². The summed E-state index contributed by atoms with van der Waals surface area (Å²) >= 11 is 0. The Kier molecular flexibility index (Phi) is 7.59. The lowest BCUT2D eigenvalue weighted by molar-refractivity contribution is 0.221. The van der Waals surface area contributed by atoms with Crippen molar-refractivity contribution in [1.82, 2.24) is 0 Å². The quantitative estimate of drug-likeness (QED) is 0.417. The Labute approximate surface area is 161 Å². The van der Waals surface area contributed by atoms with Crippen LogP contribution >= 0.6 is 0 Å². The Bertz CT molecular complexity index is 581. The first-order chi connectivity index (χ1) is 12.8. The van der Waals surface area contributed by atoms with Crippen molar-refractivity contribution in [3.8, 4) is 0 Å². The summed E-state index contributed by atoms with van der Waals surface area (Å²) < 4.78 is 0. The normalized spacial score (nSPS) is 25.9. The van der Waals surface area contributed by atoms with E-state index in [0.29, 0.717) is 0 Å². The maximum Gasteiger partial charge on any atom is -0.0167 e. The van der Waals surface area contributed by atoms with E-state index in [1.165, 1.54) is 87.3 Å². The van der Waals surface area contributed by atoms with Crippen LogP contribution in [0.4, 0.5) is 0 Å². The largest absolute Gasteiger partial charge is 0.0802 e. The predicted molar refractivity (Wildman–Crippen MR) is 115 cm³/mol. The van der Waals surface area contributed by atoms with E-state index in [2.05, 4.69) is 56.3 Å². The molecule has 1 fully saturated rings. The molecule has 0 radical (unpaired) electrons. The highest BCUT2D eigenvalue weighted by molar-refractivity contribution is 5.75. The molecule has 0 amide bonds. The van der Waals surface area contributed by atoms with E-state index in [9.17, 15) is 0 Å². The van der Waals surface area contributed by atoms with Crippen molar-refractivity contribution in [3.63, 3.8) is 0 Å². The Balaban J connectivity index is 1.49. The number of hydrogen-bond acceptors (Lipinski definition) is 0. The third-order valence-electron chi connectivity index (χ3n) is 6.68. The zero-order valence-electron chi connectivity index (χ0n) is 17.1. The fourth-order valence-corrected chi connectivity index (χ4v) is 4.96. The number of allylic oxidation sites excluding steroid dienone is 4. The fraction of sp³-hybridized carbons (Fsp3) is 0.615. The Hall–Kier alpha value is -1.30. The summed E-state index contributed by atoms with van der Waals surface area (Å²) in [4.78, 5) is 0. The van der Waals surface area contributed by atoms with Gasteiger partial charge < -0.3 is 0 Å². The van der Waals surface area contributed by atoms with Crippen molar-refractivity contribution in [2.45, 2.75) is 84.5 Å². The van der Waals surface area contributed by atoms with Crippen molar-refractivity contribution < 1.29 is 0 Å². The molecule has 142 valence electrons. The molecule has 1 aromatic carbocycles. The molecule has 0 aromatic heterocycles. The molecular weight excluding hydrogens is 312 g/mol. The first kappa shape index (κ1) is 19.5. The summed E-state index contributed by atoms with van der Waals surface area (Å²) in [5, 5.41) is 0. The Morgan fingerprint density at radius 2 is 1.65 bits per heavy atom. The van der Waals surface area contributed by atoms with E-state index < -0.39 is 0 Å². The molecule has 0 bridgehead atoms. The van der Waals surface area contributed by atoms with E-state index in [-0.39, 0.29) is 0 Å². The van der Waals surface area contributed by atoms with Crippen LogP contribution in [0.1, 0.15) is 89.2 Å². The first-order valence-electron chi connectivity index (χ1n) is 11.3. The van der Waals surface area contributed by atoms with Gasteiger partial charge in [-0.05, 0) is 66.6 Å². The first-order valence-corrected chi connectivity index (χ1v) is 11.3. The number of hydrogen-bond donors (Lipinski definition) is 0. The van der Waals surface area contributed by atoms with Crippen LogP contribution in [0.15, 0.2) is 42.5 Å². The van der Waals surface area contributed by atoms with Gasteiger partial charge in [0.05, 0.1) is 0 Å². The lowest BCUT2D eigenvalue weighted by Gasteiger charge is -2.33. The molecule has 1 atom stereocenters. The van der Waals surface area contributed by atoms with Crippen LogP contribution in [0.2, 0.25) is 0 Å². The predicted octanol–water partition coefficient (Wildman–Crippen LogP) is 7.99. The molecule has 1 aromatic rings. The maximum absolute atomic E-state index is 2.52. The lowest BCUT2D eigenvalue weighted by Crippen LogP contribution is -2.21. The molecule has 2 aliphatic rings. The van der Waals surface area contributed by atoms with Crippen molar-refractivity contribution in [2.24, 2.45) is 17.8 Å². The fourth-order valence-electron chi connectivity index (χ4n) is 4.96. The van der Waals surface area contributed by atoms with Gasteiger partial charge >= 0.3 is 0 Å².